The summed E-state index contributed by atoms with van der Waals surface area (Å²) < 4.78 is 12.6. The predicted molar refractivity (Wildman–Crippen MR) is 47.9 cm³/mol. The highest BCUT2D eigenvalue weighted by molar-refractivity contribution is 5.85. The summed E-state index contributed by atoms with van der Waals surface area (Å²) in [5, 5.41) is 9.11. The Kier molecular flexibility index (Phi) is 4.00. The van der Waals surface area contributed by atoms with Crippen LogP contribution in [-0.4, -0.2) is 5.11 Å². The molecule has 0 saturated heterocycles. The van der Waals surface area contributed by atoms with Crippen LogP contribution in [0.25, 0.3) is 0 Å². The molecule has 1 aromatic rings. The second-order valence-corrected chi connectivity index (χ2v) is 2.47. The van der Waals surface area contributed by atoms with Gasteiger partial charge in [-0.3, -0.25) is 0 Å². The molecule has 0 spiro atoms. The lowest BCUT2D eigenvalue weighted by atomic mass is 10.1. The number of aromatic hydroxyl groups is 1. The molecule has 0 aromatic heterocycles. The topological polar surface area (TPSA) is 46.2 Å². The van der Waals surface area contributed by atoms with Crippen LogP contribution in [0.2, 0.25) is 0 Å². The minimum absolute atomic E-state index is 0. The molecule has 0 aliphatic rings. The standard InChI is InChI=1S/C8H10FNO.ClH/c1-5(10)6-3-2-4-7(9)8(6)11;/h2-5,11H,10H2,1H3;1H/t5-;/m1./s1. The van der Waals surface area contributed by atoms with Gasteiger partial charge < -0.3 is 10.8 Å². The third-order valence-corrected chi connectivity index (χ3v) is 1.51. The summed E-state index contributed by atoms with van der Waals surface area (Å²) in [6.45, 7) is 1.69. The van der Waals surface area contributed by atoms with Crippen LogP contribution in [0.15, 0.2) is 18.2 Å². The maximum Gasteiger partial charge on any atom is 0.165 e. The molecule has 12 heavy (non-hydrogen) atoms. The first-order valence-corrected chi connectivity index (χ1v) is 3.36. The summed E-state index contributed by atoms with van der Waals surface area (Å²) in [4.78, 5) is 0. The molecule has 0 amide bonds. The molecule has 1 rings (SSSR count). The minimum atomic E-state index is -0.625. The molecular formula is C8H11ClFNO. The summed E-state index contributed by atoms with van der Waals surface area (Å²) >= 11 is 0. The molecule has 2 nitrogen and oxygen atoms in total. The van der Waals surface area contributed by atoms with Gasteiger partial charge in [-0.25, -0.2) is 4.39 Å². The van der Waals surface area contributed by atoms with Gasteiger partial charge in [0.15, 0.2) is 11.6 Å². The van der Waals surface area contributed by atoms with Gasteiger partial charge in [-0.2, -0.15) is 0 Å². The number of hydrogen-bond donors (Lipinski definition) is 2. The predicted octanol–water partition coefficient (Wildman–Crippen LogP) is 1.97. The van der Waals surface area contributed by atoms with Crippen LogP contribution in [-0.2, 0) is 0 Å². The van der Waals surface area contributed by atoms with Crippen LogP contribution in [0.5, 0.6) is 5.75 Å². The first-order valence-electron chi connectivity index (χ1n) is 3.36. The van der Waals surface area contributed by atoms with Crippen molar-refractivity contribution in [2.75, 3.05) is 0 Å². The second-order valence-electron chi connectivity index (χ2n) is 2.47. The van der Waals surface area contributed by atoms with Crippen molar-refractivity contribution < 1.29 is 9.50 Å². The van der Waals surface area contributed by atoms with Crippen LogP contribution in [0, 0.1) is 5.82 Å². The van der Waals surface area contributed by atoms with Crippen LogP contribution in [0.1, 0.15) is 18.5 Å². The molecule has 1 atom stereocenters. The molecule has 68 valence electrons. The SMILES string of the molecule is C[C@@H](N)c1cccc(F)c1O.Cl. The van der Waals surface area contributed by atoms with Crippen molar-refractivity contribution >= 4 is 12.4 Å². The second kappa shape index (κ2) is 4.28. The van der Waals surface area contributed by atoms with Crippen LogP contribution >= 0.6 is 12.4 Å². The number of phenols is 1. The number of para-hydroxylation sites is 1. The van der Waals surface area contributed by atoms with Gasteiger partial charge in [-0.1, -0.05) is 12.1 Å². The third-order valence-electron chi connectivity index (χ3n) is 1.51. The quantitative estimate of drug-likeness (QED) is 0.713. The van der Waals surface area contributed by atoms with E-state index in [4.69, 9.17) is 10.8 Å². The van der Waals surface area contributed by atoms with E-state index in [1.165, 1.54) is 12.1 Å². The Morgan fingerprint density at radius 3 is 2.50 bits per heavy atom. The van der Waals surface area contributed by atoms with Gasteiger partial charge in [0.25, 0.3) is 0 Å². The van der Waals surface area contributed by atoms with E-state index < -0.39 is 5.82 Å². The number of hydrogen-bond acceptors (Lipinski definition) is 2. The monoisotopic (exact) mass is 191 g/mol. The van der Waals surface area contributed by atoms with Crippen molar-refractivity contribution in [3.63, 3.8) is 0 Å². The van der Waals surface area contributed by atoms with Crippen molar-refractivity contribution in [3.05, 3.63) is 29.6 Å². The Morgan fingerprint density at radius 1 is 1.50 bits per heavy atom. The molecule has 0 aliphatic carbocycles. The van der Waals surface area contributed by atoms with Crippen LogP contribution in [0.3, 0.4) is 0 Å². The third kappa shape index (κ3) is 2.09. The summed E-state index contributed by atoms with van der Waals surface area (Å²) in [6, 6.07) is 3.98. The van der Waals surface area contributed by atoms with E-state index in [1.54, 1.807) is 13.0 Å². The fourth-order valence-electron chi connectivity index (χ4n) is 0.899. The van der Waals surface area contributed by atoms with Crippen molar-refractivity contribution in [3.8, 4) is 5.75 Å². The minimum Gasteiger partial charge on any atom is -0.505 e. The normalized spacial score (nSPS) is 11.9. The molecule has 0 unspecified atom stereocenters. The summed E-state index contributed by atoms with van der Waals surface area (Å²) in [6.07, 6.45) is 0. The Bertz CT molecular complexity index is 265. The molecule has 0 bridgehead atoms. The van der Waals surface area contributed by atoms with Crippen molar-refractivity contribution in [2.45, 2.75) is 13.0 Å². The largest absolute Gasteiger partial charge is 0.505 e. The fraction of sp³-hybridized carbons (Fsp3) is 0.250. The number of phenolic OH excluding ortho intramolecular Hbond substituents is 1. The summed E-state index contributed by atoms with van der Waals surface area (Å²) in [7, 11) is 0. The Morgan fingerprint density at radius 2 is 2.08 bits per heavy atom. The zero-order valence-corrected chi connectivity index (χ0v) is 7.44. The number of benzene rings is 1. The average Bonchev–Trinajstić information content (AvgIpc) is 1.94. The van der Waals surface area contributed by atoms with E-state index >= 15 is 0 Å². The van der Waals surface area contributed by atoms with Crippen molar-refractivity contribution in [1.29, 1.82) is 0 Å². The molecule has 1 aromatic carbocycles. The van der Waals surface area contributed by atoms with Crippen molar-refractivity contribution in [1.82, 2.24) is 0 Å². The maximum atomic E-state index is 12.6. The van der Waals surface area contributed by atoms with E-state index in [2.05, 4.69) is 0 Å². The van der Waals surface area contributed by atoms with Gasteiger partial charge in [0.05, 0.1) is 0 Å². The van der Waals surface area contributed by atoms with E-state index in [-0.39, 0.29) is 24.2 Å². The Hall–Kier alpha value is -0.800. The van der Waals surface area contributed by atoms with E-state index in [1.807, 2.05) is 0 Å². The maximum absolute atomic E-state index is 12.6. The van der Waals surface area contributed by atoms with E-state index in [0.717, 1.165) is 0 Å². The lowest BCUT2D eigenvalue weighted by molar-refractivity contribution is 0.422. The molecule has 0 heterocycles. The number of halogens is 2. The lowest BCUT2D eigenvalue weighted by Crippen LogP contribution is -2.05. The molecule has 0 aliphatic heterocycles. The van der Waals surface area contributed by atoms with Gasteiger partial charge in [-0.15, -0.1) is 12.4 Å². The summed E-state index contributed by atoms with van der Waals surface area (Å²) in [5.74, 6) is -0.970. The van der Waals surface area contributed by atoms with Crippen LogP contribution in [0.4, 0.5) is 4.39 Å². The first-order chi connectivity index (χ1) is 5.13. The van der Waals surface area contributed by atoms with Gasteiger partial charge >= 0.3 is 0 Å². The fourth-order valence-corrected chi connectivity index (χ4v) is 0.899. The molecule has 0 radical (unpaired) electrons. The van der Waals surface area contributed by atoms with Crippen LogP contribution < -0.4 is 5.73 Å². The van der Waals surface area contributed by atoms with Gasteiger partial charge in [0, 0.05) is 11.6 Å². The van der Waals surface area contributed by atoms with Gasteiger partial charge in [0.1, 0.15) is 0 Å². The molecule has 0 fully saturated rings. The zero-order valence-electron chi connectivity index (χ0n) is 6.62. The Balaban J connectivity index is 0.00000121. The highest BCUT2D eigenvalue weighted by Gasteiger charge is 2.08. The van der Waals surface area contributed by atoms with Gasteiger partial charge in [-0.05, 0) is 13.0 Å². The molecule has 0 saturated carbocycles. The number of nitrogens with two attached hydrogens (primary N) is 1. The summed E-state index contributed by atoms with van der Waals surface area (Å²) in [5.41, 5.74) is 5.89. The van der Waals surface area contributed by atoms with E-state index in [0.29, 0.717) is 5.56 Å². The van der Waals surface area contributed by atoms with Gasteiger partial charge in [0.2, 0.25) is 0 Å². The highest BCUT2D eigenvalue weighted by atomic mass is 35.5. The average molecular weight is 192 g/mol. The first kappa shape index (κ1) is 11.2. The molecule has 4 heteroatoms. The smallest absolute Gasteiger partial charge is 0.165 e. The Labute approximate surface area is 76.6 Å². The van der Waals surface area contributed by atoms with Crippen molar-refractivity contribution in [2.24, 2.45) is 5.73 Å². The highest BCUT2D eigenvalue weighted by Crippen LogP contribution is 2.24. The van der Waals surface area contributed by atoms with E-state index in [9.17, 15) is 4.39 Å². The lowest BCUT2D eigenvalue weighted by Gasteiger charge is -2.07. The zero-order chi connectivity index (χ0) is 8.43. The number of rotatable bonds is 1. The molecular weight excluding hydrogens is 181 g/mol. The molecule has 3 N–H and O–H groups in total.